The minimum Gasteiger partial charge on any atom is -0.392 e. The van der Waals surface area contributed by atoms with E-state index in [1.807, 2.05) is 0 Å². The van der Waals surface area contributed by atoms with Gasteiger partial charge in [-0.2, -0.15) is 26.3 Å². The van der Waals surface area contributed by atoms with Crippen molar-refractivity contribution in [1.29, 1.82) is 0 Å². The highest BCUT2D eigenvalue weighted by Gasteiger charge is 2.50. The molecule has 0 aliphatic heterocycles. The number of hydrogen-bond donors (Lipinski definition) is 1. The summed E-state index contributed by atoms with van der Waals surface area (Å²) in [5, 5.41) is 10.5. The minimum atomic E-state index is -4.70. The zero-order chi connectivity index (χ0) is 39.8. The fourth-order valence-electron chi connectivity index (χ4n) is 6.69. The number of fused-ring (bicyclic) bond motifs is 2. The van der Waals surface area contributed by atoms with E-state index < -0.39 is 64.8 Å². The molecule has 0 radical (unpaired) electrons. The van der Waals surface area contributed by atoms with Crippen LogP contribution in [0.2, 0.25) is 0 Å². The molecule has 3 saturated carbocycles. The van der Waals surface area contributed by atoms with Gasteiger partial charge >= 0.3 is 12.4 Å². The van der Waals surface area contributed by atoms with Gasteiger partial charge in [0.1, 0.15) is 29.0 Å². The van der Waals surface area contributed by atoms with Crippen LogP contribution in [0.3, 0.4) is 0 Å². The van der Waals surface area contributed by atoms with Crippen LogP contribution >= 0.6 is 0 Å². The van der Waals surface area contributed by atoms with Gasteiger partial charge < -0.3 is 24.1 Å². The van der Waals surface area contributed by atoms with Crippen molar-refractivity contribution in [3.8, 4) is 0 Å². The molecule has 296 valence electrons. The fourth-order valence-corrected chi connectivity index (χ4v) is 6.69. The summed E-state index contributed by atoms with van der Waals surface area (Å²) in [4.78, 5) is 69.3. The molecule has 1 N–H and O–H groups in total. The molecule has 2 aromatic rings. The summed E-state index contributed by atoms with van der Waals surface area (Å²) in [6, 6.07) is 3.33. The van der Waals surface area contributed by atoms with Crippen LogP contribution in [0.4, 0.5) is 26.3 Å². The van der Waals surface area contributed by atoms with E-state index in [1.165, 1.54) is 14.2 Å². The van der Waals surface area contributed by atoms with Crippen molar-refractivity contribution in [1.82, 2.24) is 9.97 Å². The molecule has 3 fully saturated rings. The number of halogens is 6. The Morgan fingerprint density at radius 2 is 1.22 bits per heavy atom. The molecule has 4 unspecified atom stereocenters. The van der Waals surface area contributed by atoms with E-state index in [2.05, 4.69) is 9.97 Å². The predicted molar refractivity (Wildman–Crippen MR) is 173 cm³/mol. The SMILES string of the molecule is COCCOCc1nc(C(F)(F)F)ccc1C(=O)C1C(=O)C2CCC(C2)C1O.COCCOCc1nc(C(F)(F)F)ccc1C(=O)C1C(=O)CCCC1=O. The number of hydrogen-bond acceptors (Lipinski definition) is 12. The molecule has 2 bridgehead atoms. The molecule has 0 amide bonds. The van der Waals surface area contributed by atoms with Crippen LogP contribution in [0.1, 0.15) is 82.0 Å². The second-order valence-corrected chi connectivity index (χ2v) is 13.1. The minimum absolute atomic E-state index is 0.0867. The highest BCUT2D eigenvalue weighted by atomic mass is 19.4. The first kappa shape index (κ1) is 42.8. The van der Waals surface area contributed by atoms with E-state index in [-0.39, 0.29) is 92.6 Å². The first-order valence-electron chi connectivity index (χ1n) is 17.1. The van der Waals surface area contributed by atoms with E-state index in [0.29, 0.717) is 37.8 Å². The number of Topliss-reactive ketones (excluding diaryl/α,β-unsaturated/α-hetero) is 5. The summed E-state index contributed by atoms with van der Waals surface area (Å²) < 4.78 is 97.8. The highest BCUT2D eigenvalue weighted by Crippen LogP contribution is 2.44. The van der Waals surface area contributed by atoms with Crippen LogP contribution in [-0.2, 0) is 58.9 Å². The van der Waals surface area contributed by atoms with Crippen LogP contribution in [0.15, 0.2) is 24.3 Å². The lowest BCUT2D eigenvalue weighted by atomic mass is 9.74. The molecule has 3 aliphatic rings. The number of aromatic nitrogens is 2. The zero-order valence-electron chi connectivity index (χ0n) is 29.5. The molecule has 3 aliphatic carbocycles. The number of ether oxygens (including phenoxy) is 4. The van der Waals surface area contributed by atoms with E-state index >= 15 is 0 Å². The Morgan fingerprint density at radius 3 is 1.69 bits per heavy atom. The van der Waals surface area contributed by atoms with E-state index in [4.69, 9.17) is 18.9 Å². The monoisotopic (exact) mass is 774 g/mol. The number of aliphatic hydroxyl groups is 1. The Kier molecular flexibility index (Phi) is 14.7. The van der Waals surface area contributed by atoms with E-state index in [1.54, 1.807) is 0 Å². The molecule has 2 aromatic heterocycles. The number of pyridine rings is 2. The quantitative estimate of drug-likeness (QED) is 0.121. The number of rotatable bonds is 14. The van der Waals surface area contributed by atoms with Crippen LogP contribution < -0.4 is 0 Å². The van der Waals surface area contributed by atoms with Gasteiger partial charge in [0.2, 0.25) is 0 Å². The Bertz CT molecular complexity index is 1680. The summed E-state index contributed by atoms with van der Waals surface area (Å²) in [7, 11) is 2.88. The topological polar surface area (TPSA) is 168 Å². The summed E-state index contributed by atoms with van der Waals surface area (Å²) in [6.07, 6.45) is -8.08. The second-order valence-electron chi connectivity index (χ2n) is 13.1. The second kappa shape index (κ2) is 18.6. The molecule has 18 heteroatoms. The van der Waals surface area contributed by atoms with Crippen molar-refractivity contribution < 1.29 is 74.4 Å². The third kappa shape index (κ3) is 10.4. The Morgan fingerprint density at radius 1 is 0.741 bits per heavy atom. The standard InChI is InChI=1S/C19H22F3NO5.C17H18F3NO5/c1-27-6-7-28-9-13-12(4-5-14(23-13)19(20,21)22)18(26)15-16(24)10-2-3-11(8-10)17(15)25;1-25-7-8-26-9-11-10(5-6-14(21-11)17(18,19)20)16(24)15-12(22)3-2-4-13(15)23/h4-5,10-11,15-16,24H,2-3,6-9H2,1H3;5-6,15H,2-4,7-9H2,1H3. The summed E-state index contributed by atoms with van der Waals surface area (Å²) in [5.74, 6) is -6.03. The van der Waals surface area contributed by atoms with Gasteiger partial charge in [0.05, 0.1) is 57.1 Å². The number of alkyl halides is 6. The van der Waals surface area contributed by atoms with Crippen molar-refractivity contribution >= 4 is 28.9 Å². The average Bonchev–Trinajstić information content (AvgIpc) is 3.58. The van der Waals surface area contributed by atoms with Gasteiger partial charge in [0, 0.05) is 44.1 Å². The number of nitrogens with zero attached hydrogens (tertiary/aromatic N) is 2. The van der Waals surface area contributed by atoms with Gasteiger partial charge in [-0.1, -0.05) is 0 Å². The predicted octanol–water partition coefficient (Wildman–Crippen LogP) is 4.81. The lowest BCUT2D eigenvalue weighted by molar-refractivity contribution is -0.142. The molecule has 4 atom stereocenters. The summed E-state index contributed by atoms with van der Waals surface area (Å²) in [5.41, 5.74) is -3.11. The van der Waals surface area contributed by atoms with Crippen LogP contribution in [0, 0.1) is 23.7 Å². The van der Waals surface area contributed by atoms with Crippen molar-refractivity contribution in [2.75, 3.05) is 40.6 Å². The summed E-state index contributed by atoms with van der Waals surface area (Å²) >= 11 is 0. The number of aliphatic hydroxyl groups excluding tert-OH is 1. The smallest absolute Gasteiger partial charge is 0.392 e. The molecular formula is C36H40F6N2O10. The molecule has 5 rings (SSSR count). The molecular weight excluding hydrogens is 734 g/mol. The van der Waals surface area contributed by atoms with Crippen LogP contribution in [0.5, 0.6) is 0 Å². The number of carbonyl (C=O) groups excluding carboxylic acids is 5. The van der Waals surface area contributed by atoms with Gasteiger partial charge in [0.25, 0.3) is 0 Å². The Balaban J connectivity index is 0.000000241. The maximum Gasteiger partial charge on any atom is 0.433 e. The fraction of sp³-hybridized carbons (Fsp3) is 0.583. The number of ketones is 5. The molecule has 54 heavy (non-hydrogen) atoms. The maximum atomic E-state index is 13.0. The first-order chi connectivity index (χ1) is 25.5. The third-order valence-corrected chi connectivity index (χ3v) is 9.44. The van der Waals surface area contributed by atoms with Gasteiger partial charge in [-0.3, -0.25) is 24.0 Å². The average molecular weight is 775 g/mol. The van der Waals surface area contributed by atoms with E-state index in [9.17, 15) is 55.4 Å². The summed E-state index contributed by atoms with van der Waals surface area (Å²) in [6.45, 7) is -0.0739. The van der Waals surface area contributed by atoms with Crippen LogP contribution in [0.25, 0.3) is 0 Å². The lowest BCUT2D eigenvalue weighted by Gasteiger charge is -2.31. The maximum absolute atomic E-state index is 13.0. The molecule has 0 saturated heterocycles. The lowest BCUT2D eigenvalue weighted by Crippen LogP contribution is -2.45. The molecule has 12 nitrogen and oxygen atoms in total. The largest absolute Gasteiger partial charge is 0.433 e. The third-order valence-electron chi connectivity index (χ3n) is 9.44. The Hall–Kier alpha value is -3.97. The van der Waals surface area contributed by atoms with Gasteiger partial charge in [-0.25, -0.2) is 9.97 Å². The number of methoxy groups -OCH3 is 2. The van der Waals surface area contributed by atoms with Crippen molar-refractivity contribution in [3.63, 3.8) is 0 Å². The number of carbonyl (C=O) groups is 5. The first-order valence-corrected chi connectivity index (χ1v) is 17.1. The van der Waals surface area contributed by atoms with Gasteiger partial charge in [-0.05, 0) is 55.9 Å². The molecule has 0 aromatic carbocycles. The van der Waals surface area contributed by atoms with Gasteiger partial charge in [0.15, 0.2) is 23.1 Å². The van der Waals surface area contributed by atoms with E-state index in [0.717, 1.165) is 12.1 Å². The van der Waals surface area contributed by atoms with Crippen molar-refractivity contribution in [3.05, 3.63) is 58.2 Å². The van der Waals surface area contributed by atoms with Crippen molar-refractivity contribution in [2.24, 2.45) is 23.7 Å². The normalized spacial score (nSPS) is 21.9. The van der Waals surface area contributed by atoms with Crippen molar-refractivity contribution in [2.45, 2.75) is 70.2 Å². The van der Waals surface area contributed by atoms with Gasteiger partial charge in [-0.15, -0.1) is 0 Å². The Labute approximate surface area is 305 Å². The van der Waals surface area contributed by atoms with Crippen LogP contribution in [-0.4, -0.2) is 90.7 Å². The zero-order valence-corrected chi connectivity index (χ0v) is 29.5. The molecule has 2 heterocycles. The highest BCUT2D eigenvalue weighted by molar-refractivity contribution is 6.25. The molecule has 0 spiro atoms.